The van der Waals surface area contributed by atoms with Crippen LogP contribution < -0.4 is 10.1 Å². The van der Waals surface area contributed by atoms with Gasteiger partial charge in [0.15, 0.2) is 0 Å². The van der Waals surface area contributed by atoms with Crippen LogP contribution in [0.3, 0.4) is 0 Å². The fourth-order valence-electron chi connectivity index (χ4n) is 1.54. The summed E-state index contributed by atoms with van der Waals surface area (Å²) in [4.78, 5) is 22.7. The number of methoxy groups -OCH3 is 2. The number of hydrogen-bond acceptors (Lipinski definition) is 4. The third-order valence-electron chi connectivity index (χ3n) is 2.68. The topological polar surface area (TPSA) is 64.6 Å². The SMILES string of the molecule is COC(=O)C(=O)Nc1cc(C(C)(C)C)ccc1OC. The van der Waals surface area contributed by atoms with Crippen LogP contribution in [0.5, 0.6) is 5.75 Å². The zero-order valence-corrected chi connectivity index (χ0v) is 11.9. The van der Waals surface area contributed by atoms with Gasteiger partial charge in [0.1, 0.15) is 5.75 Å². The number of rotatable bonds is 2. The summed E-state index contributed by atoms with van der Waals surface area (Å²) in [5.41, 5.74) is 1.40. The summed E-state index contributed by atoms with van der Waals surface area (Å²) in [5, 5.41) is 2.49. The lowest BCUT2D eigenvalue weighted by atomic mass is 9.87. The molecular weight excluding hydrogens is 246 g/mol. The minimum absolute atomic E-state index is 0.0724. The molecule has 1 amide bonds. The number of carbonyl (C=O) groups excluding carboxylic acids is 2. The van der Waals surface area contributed by atoms with Crippen molar-refractivity contribution in [2.45, 2.75) is 26.2 Å². The van der Waals surface area contributed by atoms with E-state index in [9.17, 15) is 9.59 Å². The minimum Gasteiger partial charge on any atom is -0.495 e. The maximum atomic E-state index is 11.5. The maximum Gasteiger partial charge on any atom is 0.396 e. The zero-order valence-electron chi connectivity index (χ0n) is 11.9. The van der Waals surface area contributed by atoms with Crippen LogP contribution in [-0.4, -0.2) is 26.1 Å². The Morgan fingerprint density at radius 3 is 2.26 bits per heavy atom. The first-order valence-corrected chi connectivity index (χ1v) is 5.87. The Hall–Kier alpha value is -2.04. The maximum absolute atomic E-state index is 11.5. The second-order valence-corrected chi connectivity index (χ2v) is 5.11. The summed E-state index contributed by atoms with van der Waals surface area (Å²) >= 11 is 0. The van der Waals surface area contributed by atoms with Crippen LogP contribution >= 0.6 is 0 Å². The number of carbonyl (C=O) groups is 2. The van der Waals surface area contributed by atoms with Gasteiger partial charge in [0.05, 0.1) is 19.9 Å². The number of ether oxygens (including phenoxy) is 2. The van der Waals surface area contributed by atoms with E-state index < -0.39 is 11.9 Å². The summed E-state index contributed by atoms with van der Waals surface area (Å²) in [6, 6.07) is 5.47. The van der Waals surface area contributed by atoms with Crippen molar-refractivity contribution in [1.82, 2.24) is 0 Å². The Morgan fingerprint density at radius 2 is 1.79 bits per heavy atom. The van der Waals surface area contributed by atoms with Gasteiger partial charge in [-0.25, -0.2) is 4.79 Å². The second-order valence-electron chi connectivity index (χ2n) is 5.11. The average molecular weight is 265 g/mol. The number of hydrogen-bond donors (Lipinski definition) is 1. The molecule has 1 rings (SSSR count). The Kier molecular flexibility index (Phi) is 4.53. The molecule has 0 fully saturated rings. The quantitative estimate of drug-likeness (QED) is 0.657. The predicted octanol–water partition coefficient (Wildman–Crippen LogP) is 2.10. The van der Waals surface area contributed by atoms with E-state index >= 15 is 0 Å². The Bertz CT molecular complexity index is 489. The molecule has 104 valence electrons. The van der Waals surface area contributed by atoms with Gasteiger partial charge in [0, 0.05) is 0 Å². The summed E-state index contributed by atoms with van der Waals surface area (Å²) in [7, 11) is 2.66. The van der Waals surface area contributed by atoms with Gasteiger partial charge in [-0.3, -0.25) is 4.79 Å². The molecule has 1 aromatic rings. The molecule has 0 aromatic heterocycles. The number of benzene rings is 1. The Labute approximate surface area is 112 Å². The lowest BCUT2D eigenvalue weighted by Gasteiger charge is -2.21. The first kappa shape index (κ1) is 15.0. The summed E-state index contributed by atoms with van der Waals surface area (Å²) < 4.78 is 9.52. The molecule has 0 aliphatic rings. The van der Waals surface area contributed by atoms with Gasteiger partial charge >= 0.3 is 11.9 Å². The molecule has 19 heavy (non-hydrogen) atoms. The first-order chi connectivity index (χ1) is 8.79. The molecule has 0 aliphatic carbocycles. The van der Waals surface area contributed by atoms with Gasteiger partial charge in [0.2, 0.25) is 0 Å². The standard InChI is InChI=1S/C14H19NO4/c1-14(2,3)9-6-7-11(18-4)10(8-9)15-12(16)13(17)19-5/h6-8H,1-5H3,(H,15,16). The number of anilines is 1. The van der Waals surface area contributed by atoms with Crippen LogP contribution in [0.15, 0.2) is 18.2 Å². The largest absolute Gasteiger partial charge is 0.495 e. The number of nitrogens with one attached hydrogen (secondary N) is 1. The molecule has 0 aliphatic heterocycles. The predicted molar refractivity (Wildman–Crippen MR) is 72.3 cm³/mol. The number of esters is 1. The molecule has 0 bridgehead atoms. The van der Waals surface area contributed by atoms with Crippen LogP contribution in [0.1, 0.15) is 26.3 Å². The van der Waals surface area contributed by atoms with E-state index in [0.717, 1.165) is 12.7 Å². The average Bonchev–Trinajstić information content (AvgIpc) is 2.36. The molecule has 0 unspecified atom stereocenters. The van der Waals surface area contributed by atoms with E-state index in [2.05, 4.69) is 30.8 Å². The first-order valence-electron chi connectivity index (χ1n) is 5.87. The fraction of sp³-hybridized carbons (Fsp3) is 0.429. The third-order valence-corrected chi connectivity index (χ3v) is 2.68. The Balaban J connectivity index is 3.10. The van der Waals surface area contributed by atoms with E-state index in [0.29, 0.717) is 11.4 Å². The third kappa shape index (κ3) is 3.71. The normalized spacial score (nSPS) is 10.8. The van der Waals surface area contributed by atoms with Crippen LogP contribution in [0.25, 0.3) is 0 Å². The fourth-order valence-corrected chi connectivity index (χ4v) is 1.54. The van der Waals surface area contributed by atoms with E-state index in [-0.39, 0.29) is 5.41 Å². The molecule has 1 aromatic carbocycles. The highest BCUT2D eigenvalue weighted by Gasteiger charge is 2.19. The van der Waals surface area contributed by atoms with Crippen molar-refractivity contribution >= 4 is 17.6 Å². The van der Waals surface area contributed by atoms with Crippen LogP contribution in [0.4, 0.5) is 5.69 Å². The monoisotopic (exact) mass is 265 g/mol. The van der Waals surface area contributed by atoms with Crippen molar-refractivity contribution in [3.8, 4) is 5.75 Å². The summed E-state index contributed by atoms with van der Waals surface area (Å²) in [6.45, 7) is 6.17. The van der Waals surface area contributed by atoms with Crippen molar-refractivity contribution < 1.29 is 19.1 Å². The molecule has 0 atom stereocenters. The van der Waals surface area contributed by atoms with E-state index in [4.69, 9.17) is 4.74 Å². The lowest BCUT2D eigenvalue weighted by molar-refractivity contribution is -0.150. The van der Waals surface area contributed by atoms with Crippen LogP contribution in [0.2, 0.25) is 0 Å². The highest BCUT2D eigenvalue weighted by Crippen LogP contribution is 2.31. The van der Waals surface area contributed by atoms with Crippen molar-refractivity contribution in [3.05, 3.63) is 23.8 Å². The molecule has 0 saturated heterocycles. The van der Waals surface area contributed by atoms with Gasteiger partial charge < -0.3 is 14.8 Å². The molecule has 0 heterocycles. The molecule has 0 radical (unpaired) electrons. The summed E-state index contributed by atoms with van der Waals surface area (Å²) in [6.07, 6.45) is 0. The van der Waals surface area contributed by atoms with Gasteiger partial charge in [-0.05, 0) is 23.1 Å². The van der Waals surface area contributed by atoms with Crippen molar-refractivity contribution in [1.29, 1.82) is 0 Å². The van der Waals surface area contributed by atoms with Crippen LogP contribution in [0, 0.1) is 0 Å². The summed E-state index contributed by atoms with van der Waals surface area (Å²) in [5.74, 6) is -1.28. The zero-order chi connectivity index (χ0) is 14.6. The molecule has 0 spiro atoms. The van der Waals surface area contributed by atoms with Crippen molar-refractivity contribution in [2.75, 3.05) is 19.5 Å². The van der Waals surface area contributed by atoms with Gasteiger partial charge in [-0.1, -0.05) is 26.8 Å². The molecule has 1 N–H and O–H groups in total. The van der Waals surface area contributed by atoms with E-state index in [1.807, 2.05) is 6.07 Å². The van der Waals surface area contributed by atoms with Crippen molar-refractivity contribution in [3.63, 3.8) is 0 Å². The van der Waals surface area contributed by atoms with E-state index in [1.165, 1.54) is 7.11 Å². The second kappa shape index (κ2) is 5.73. The highest BCUT2D eigenvalue weighted by molar-refractivity contribution is 6.37. The molecule has 0 saturated carbocycles. The van der Waals surface area contributed by atoms with Crippen molar-refractivity contribution in [2.24, 2.45) is 0 Å². The Morgan fingerprint density at radius 1 is 1.16 bits per heavy atom. The highest BCUT2D eigenvalue weighted by atomic mass is 16.5. The van der Waals surface area contributed by atoms with Crippen LogP contribution in [-0.2, 0) is 19.7 Å². The van der Waals surface area contributed by atoms with Gasteiger partial charge in [-0.15, -0.1) is 0 Å². The lowest BCUT2D eigenvalue weighted by Crippen LogP contribution is -2.24. The molecular formula is C14H19NO4. The van der Waals surface area contributed by atoms with E-state index in [1.54, 1.807) is 12.1 Å². The number of amides is 1. The smallest absolute Gasteiger partial charge is 0.396 e. The van der Waals surface area contributed by atoms with Gasteiger partial charge in [-0.2, -0.15) is 0 Å². The molecule has 5 nitrogen and oxygen atoms in total. The molecule has 5 heteroatoms. The van der Waals surface area contributed by atoms with Gasteiger partial charge in [0.25, 0.3) is 0 Å². The minimum atomic E-state index is -0.941.